The van der Waals surface area contributed by atoms with Crippen LogP contribution in [0.25, 0.3) is 0 Å². The number of benzene rings is 1. The van der Waals surface area contributed by atoms with E-state index in [2.05, 4.69) is 10.3 Å². The van der Waals surface area contributed by atoms with Gasteiger partial charge in [-0.15, -0.1) is 0 Å². The molecular formula is C18H19N5O3. The highest BCUT2D eigenvalue weighted by molar-refractivity contribution is 5.97. The van der Waals surface area contributed by atoms with Crippen LogP contribution in [0, 0.1) is 5.41 Å². The molecule has 1 aliphatic heterocycles. The van der Waals surface area contributed by atoms with E-state index < -0.39 is 12.0 Å². The molecule has 8 heteroatoms. The maximum atomic E-state index is 12.6. The number of aromatic nitrogens is 1. The first-order valence-electron chi connectivity index (χ1n) is 7.93. The van der Waals surface area contributed by atoms with Crippen LogP contribution in [0.15, 0.2) is 54.5 Å². The van der Waals surface area contributed by atoms with Crippen LogP contribution < -0.4 is 11.1 Å². The quantitative estimate of drug-likeness (QED) is 0.362. The van der Waals surface area contributed by atoms with Crippen molar-refractivity contribution in [2.45, 2.75) is 12.6 Å². The summed E-state index contributed by atoms with van der Waals surface area (Å²) in [6, 6.07) is 10.2. The van der Waals surface area contributed by atoms with Crippen LogP contribution in [-0.2, 0) is 20.9 Å². The first kappa shape index (κ1) is 17.3. The molecule has 134 valence electrons. The van der Waals surface area contributed by atoms with Gasteiger partial charge in [0.1, 0.15) is 17.6 Å². The van der Waals surface area contributed by atoms with Gasteiger partial charge in [0.2, 0.25) is 0 Å². The summed E-state index contributed by atoms with van der Waals surface area (Å²) in [5.41, 5.74) is 7.77. The van der Waals surface area contributed by atoms with Gasteiger partial charge >= 0.3 is 5.97 Å². The third kappa shape index (κ3) is 3.44. The Morgan fingerprint density at radius 3 is 2.81 bits per heavy atom. The molecular weight excluding hydrogens is 334 g/mol. The number of aromatic amines is 1. The molecule has 0 fully saturated rings. The number of nitrogen functional groups attached to an aromatic ring is 1. The summed E-state index contributed by atoms with van der Waals surface area (Å²) in [6.45, 7) is 0.346. The number of esters is 1. The van der Waals surface area contributed by atoms with Gasteiger partial charge in [-0.05, 0) is 23.8 Å². The van der Waals surface area contributed by atoms with Gasteiger partial charge in [-0.3, -0.25) is 10.2 Å². The maximum absolute atomic E-state index is 12.6. The van der Waals surface area contributed by atoms with Crippen molar-refractivity contribution in [1.29, 1.82) is 5.41 Å². The van der Waals surface area contributed by atoms with Crippen molar-refractivity contribution in [2.75, 3.05) is 7.11 Å². The van der Waals surface area contributed by atoms with Crippen molar-refractivity contribution < 1.29 is 14.3 Å². The van der Waals surface area contributed by atoms with E-state index in [1.165, 1.54) is 7.11 Å². The smallest absolute Gasteiger partial charge is 0.356 e. The van der Waals surface area contributed by atoms with E-state index in [0.29, 0.717) is 17.8 Å². The van der Waals surface area contributed by atoms with Crippen molar-refractivity contribution in [2.24, 2.45) is 5.73 Å². The van der Waals surface area contributed by atoms with Gasteiger partial charge in [0.05, 0.1) is 7.11 Å². The maximum Gasteiger partial charge on any atom is 0.356 e. The standard InChI is InChI=1S/C18H19N5O3/c1-26-18(25)14-10-23(9-11-4-2-5-12(8-11)16(19)20)15(17(24)22-14)13-6-3-7-21-13/h2-8,10,15,21H,9H2,1H3,(H3,19,20)(H,22,24). The van der Waals surface area contributed by atoms with Crippen LogP contribution in [0.4, 0.5) is 0 Å². The third-order valence-electron chi connectivity index (χ3n) is 4.06. The lowest BCUT2D eigenvalue weighted by Crippen LogP contribution is -2.44. The van der Waals surface area contributed by atoms with Crippen molar-refractivity contribution in [3.63, 3.8) is 0 Å². The summed E-state index contributed by atoms with van der Waals surface area (Å²) in [5.74, 6) is -0.987. The largest absolute Gasteiger partial charge is 0.464 e. The number of carbonyl (C=O) groups is 2. The molecule has 1 amide bonds. The van der Waals surface area contributed by atoms with Crippen molar-refractivity contribution in [3.8, 4) is 0 Å². The molecule has 0 radical (unpaired) electrons. The van der Waals surface area contributed by atoms with Gasteiger partial charge in [0.25, 0.3) is 5.91 Å². The topological polar surface area (TPSA) is 124 Å². The Morgan fingerprint density at radius 1 is 1.35 bits per heavy atom. The zero-order valence-corrected chi connectivity index (χ0v) is 14.2. The molecule has 1 aromatic carbocycles. The van der Waals surface area contributed by atoms with Gasteiger partial charge < -0.3 is 25.7 Å². The second kappa shape index (κ2) is 7.14. The van der Waals surface area contributed by atoms with E-state index in [9.17, 15) is 9.59 Å². The molecule has 2 aromatic rings. The van der Waals surface area contributed by atoms with E-state index in [4.69, 9.17) is 15.9 Å². The first-order chi connectivity index (χ1) is 12.5. The number of amides is 1. The Balaban J connectivity index is 1.97. The van der Waals surface area contributed by atoms with Crippen LogP contribution in [0.3, 0.4) is 0 Å². The molecule has 0 aliphatic carbocycles. The van der Waals surface area contributed by atoms with E-state index >= 15 is 0 Å². The van der Waals surface area contributed by atoms with E-state index in [1.54, 1.807) is 47.6 Å². The molecule has 3 rings (SSSR count). The first-order valence-corrected chi connectivity index (χ1v) is 7.93. The summed E-state index contributed by atoms with van der Waals surface area (Å²) in [7, 11) is 1.26. The minimum Gasteiger partial charge on any atom is -0.464 e. The van der Waals surface area contributed by atoms with E-state index in [-0.39, 0.29) is 17.4 Å². The minimum atomic E-state index is -0.626. The summed E-state index contributed by atoms with van der Waals surface area (Å²) in [4.78, 5) is 29.3. The minimum absolute atomic E-state index is 0.0325. The van der Waals surface area contributed by atoms with Gasteiger partial charge in [-0.1, -0.05) is 18.2 Å². The van der Waals surface area contributed by atoms with Crippen LogP contribution in [0.2, 0.25) is 0 Å². The molecule has 0 saturated heterocycles. The average Bonchev–Trinajstić information content (AvgIpc) is 3.15. The monoisotopic (exact) mass is 353 g/mol. The molecule has 1 aromatic heterocycles. The number of H-pyrrole nitrogens is 1. The second-order valence-electron chi connectivity index (χ2n) is 5.84. The highest BCUT2D eigenvalue weighted by Gasteiger charge is 2.33. The molecule has 2 heterocycles. The van der Waals surface area contributed by atoms with E-state index in [0.717, 1.165) is 5.56 Å². The Bertz CT molecular complexity index is 873. The van der Waals surface area contributed by atoms with Crippen molar-refractivity contribution in [1.82, 2.24) is 15.2 Å². The molecule has 8 nitrogen and oxygen atoms in total. The van der Waals surface area contributed by atoms with Crippen molar-refractivity contribution in [3.05, 3.63) is 71.3 Å². The zero-order valence-electron chi connectivity index (χ0n) is 14.2. The molecule has 1 unspecified atom stereocenters. The van der Waals surface area contributed by atoms with Gasteiger partial charge in [0, 0.05) is 30.2 Å². The fourth-order valence-corrected chi connectivity index (χ4v) is 2.86. The SMILES string of the molecule is COC(=O)C1=CN(Cc2cccc(C(=N)N)c2)C(c2ccc[nH]2)C(=O)N1. The number of hydrogen-bond acceptors (Lipinski definition) is 5. The highest BCUT2D eigenvalue weighted by Crippen LogP contribution is 2.27. The summed E-state index contributed by atoms with van der Waals surface area (Å²) < 4.78 is 4.71. The Morgan fingerprint density at radius 2 is 2.15 bits per heavy atom. The lowest BCUT2D eigenvalue weighted by molar-refractivity contribution is -0.139. The Hall–Kier alpha value is -3.55. The highest BCUT2D eigenvalue weighted by atomic mass is 16.5. The van der Waals surface area contributed by atoms with E-state index in [1.807, 2.05) is 6.07 Å². The molecule has 0 bridgehead atoms. The lowest BCUT2D eigenvalue weighted by atomic mass is 10.1. The number of nitrogens with two attached hydrogens (primary N) is 1. The molecule has 1 atom stereocenters. The van der Waals surface area contributed by atoms with Gasteiger partial charge in [-0.25, -0.2) is 4.79 Å². The van der Waals surface area contributed by atoms with Crippen LogP contribution in [0.1, 0.15) is 22.9 Å². The van der Waals surface area contributed by atoms with Crippen LogP contribution >= 0.6 is 0 Å². The lowest BCUT2D eigenvalue weighted by Gasteiger charge is -2.33. The number of rotatable bonds is 5. The fourth-order valence-electron chi connectivity index (χ4n) is 2.86. The summed E-state index contributed by atoms with van der Waals surface area (Å²) in [6.07, 6.45) is 3.30. The normalized spacial score (nSPS) is 16.7. The fraction of sp³-hybridized carbons (Fsp3) is 0.167. The number of ether oxygens (including phenoxy) is 1. The predicted molar refractivity (Wildman–Crippen MR) is 94.8 cm³/mol. The summed E-state index contributed by atoms with van der Waals surface area (Å²) >= 11 is 0. The van der Waals surface area contributed by atoms with Crippen molar-refractivity contribution >= 4 is 17.7 Å². The Labute approximate surface area is 150 Å². The molecule has 0 saturated carbocycles. The molecule has 0 spiro atoms. The molecule has 5 N–H and O–H groups in total. The number of hydrogen-bond donors (Lipinski definition) is 4. The average molecular weight is 353 g/mol. The number of nitrogens with zero attached hydrogens (tertiary/aromatic N) is 1. The van der Waals surface area contributed by atoms with Gasteiger partial charge in [0.15, 0.2) is 0 Å². The summed E-state index contributed by atoms with van der Waals surface area (Å²) in [5, 5.41) is 10.2. The molecule has 1 aliphatic rings. The molecule has 26 heavy (non-hydrogen) atoms. The Kier molecular flexibility index (Phi) is 4.74. The zero-order chi connectivity index (χ0) is 18.7. The van der Waals surface area contributed by atoms with Crippen LogP contribution in [0.5, 0.6) is 0 Å². The van der Waals surface area contributed by atoms with Crippen LogP contribution in [-0.4, -0.2) is 34.7 Å². The second-order valence-corrected chi connectivity index (χ2v) is 5.84. The third-order valence-corrected chi connectivity index (χ3v) is 4.06. The number of methoxy groups -OCH3 is 1. The number of carbonyl (C=O) groups excluding carboxylic acids is 2. The number of amidine groups is 1. The predicted octanol–water partition coefficient (Wildman–Crippen LogP) is 0.986. The number of nitrogens with one attached hydrogen (secondary N) is 3. The van der Waals surface area contributed by atoms with Gasteiger partial charge in [-0.2, -0.15) is 0 Å².